The lowest BCUT2D eigenvalue weighted by Crippen LogP contribution is -2.50. The highest BCUT2D eigenvalue weighted by Gasteiger charge is 2.33. The molecule has 2 atom stereocenters. The molecule has 5 heteroatoms. The molecule has 0 radical (unpaired) electrons. The van der Waals surface area contributed by atoms with Gasteiger partial charge >= 0.3 is 0 Å². The number of hydrogen-bond donors (Lipinski definition) is 0. The van der Waals surface area contributed by atoms with Crippen LogP contribution in [-0.4, -0.2) is 34.5 Å². The molecular formula is C24H26N2O2S. The molecule has 0 N–H and O–H groups in total. The highest BCUT2D eigenvalue weighted by Crippen LogP contribution is 2.28. The normalized spacial score (nSPS) is 17.7. The summed E-state index contributed by atoms with van der Waals surface area (Å²) >= 11 is 1.42. The van der Waals surface area contributed by atoms with Crippen molar-refractivity contribution in [2.75, 3.05) is 6.54 Å². The zero-order valence-electron chi connectivity index (χ0n) is 16.9. The van der Waals surface area contributed by atoms with E-state index < -0.39 is 0 Å². The summed E-state index contributed by atoms with van der Waals surface area (Å²) in [7, 11) is 0. The van der Waals surface area contributed by atoms with E-state index in [-0.39, 0.29) is 18.1 Å². The second kappa shape index (κ2) is 8.78. The molecule has 2 aromatic carbocycles. The fourth-order valence-corrected chi connectivity index (χ4v) is 4.62. The topological polar surface area (TPSA) is 42.4 Å². The fraction of sp³-hybridized carbons (Fsp3) is 0.333. The van der Waals surface area contributed by atoms with Gasteiger partial charge in [-0.1, -0.05) is 48.0 Å². The first-order valence-corrected chi connectivity index (χ1v) is 11.0. The van der Waals surface area contributed by atoms with Gasteiger partial charge in [0.25, 0.3) is 5.91 Å². The Bertz CT molecular complexity index is 953. The van der Waals surface area contributed by atoms with Crippen LogP contribution in [0.15, 0.2) is 60.0 Å². The van der Waals surface area contributed by atoms with Gasteiger partial charge < -0.3 is 9.64 Å². The number of amides is 1. The molecule has 0 bridgehead atoms. The molecule has 0 aliphatic carbocycles. The summed E-state index contributed by atoms with van der Waals surface area (Å²) in [6, 6.07) is 18.1. The number of piperidine rings is 1. The predicted molar refractivity (Wildman–Crippen MR) is 117 cm³/mol. The summed E-state index contributed by atoms with van der Waals surface area (Å²) in [5, 5.41) is 2.53. The van der Waals surface area contributed by atoms with Crippen LogP contribution in [0.4, 0.5) is 0 Å². The van der Waals surface area contributed by atoms with Crippen molar-refractivity contribution in [1.29, 1.82) is 0 Å². The Kier molecular flexibility index (Phi) is 5.95. The summed E-state index contributed by atoms with van der Waals surface area (Å²) in [5.41, 5.74) is 3.12. The number of nitrogens with zero attached hydrogens (tertiary/aromatic N) is 2. The Hall–Kier alpha value is -2.66. The molecule has 3 aromatic rings. The van der Waals surface area contributed by atoms with E-state index in [9.17, 15) is 4.79 Å². The smallest absolute Gasteiger partial charge is 0.283 e. The van der Waals surface area contributed by atoms with Crippen molar-refractivity contribution in [3.8, 4) is 17.0 Å². The zero-order valence-corrected chi connectivity index (χ0v) is 17.7. The Morgan fingerprint density at radius 2 is 1.90 bits per heavy atom. The number of aromatic nitrogens is 1. The molecule has 4 rings (SSSR count). The highest BCUT2D eigenvalue weighted by molar-refractivity contribution is 7.12. The van der Waals surface area contributed by atoms with Gasteiger partial charge in [-0.15, -0.1) is 11.3 Å². The molecule has 2 heterocycles. The Morgan fingerprint density at radius 3 is 2.66 bits per heavy atom. The number of hydrogen-bond acceptors (Lipinski definition) is 4. The number of ether oxygens (including phenoxy) is 1. The Labute approximate surface area is 176 Å². The van der Waals surface area contributed by atoms with Crippen molar-refractivity contribution in [1.82, 2.24) is 9.88 Å². The molecule has 29 heavy (non-hydrogen) atoms. The summed E-state index contributed by atoms with van der Waals surface area (Å²) < 4.78 is 6.14. The molecule has 1 amide bonds. The van der Waals surface area contributed by atoms with Gasteiger partial charge in [-0.05, 0) is 45.2 Å². The van der Waals surface area contributed by atoms with Crippen molar-refractivity contribution in [2.45, 2.75) is 45.3 Å². The van der Waals surface area contributed by atoms with Gasteiger partial charge in [-0.2, -0.15) is 0 Å². The number of thiazole rings is 1. The van der Waals surface area contributed by atoms with Gasteiger partial charge in [0.15, 0.2) is 5.01 Å². The second-order valence-corrected chi connectivity index (χ2v) is 8.46. The van der Waals surface area contributed by atoms with E-state index in [0.29, 0.717) is 5.01 Å². The minimum absolute atomic E-state index is 0.0153. The Balaban J connectivity index is 1.51. The van der Waals surface area contributed by atoms with Crippen molar-refractivity contribution in [2.24, 2.45) is 0 Å². The van der Waals surface area contributed by atoms with E-state index in [2.05, 4.69) is 43.1 Å². The fourth-order valence-electron chi connectivity index (χ4n) is 3.84. The standard InChI is InChI=1S/C24H26N2O2S/c1-17-11-13-19(14-12-17)21-16-29-23(25-21)24(27)26-15-7-6-10-22(26)18(2)28-20-8-4-3-5-9-20/h3-5,8-9,11-14,16,18,22H,6-7,10,15H2,1-2H3. The molecule has 1 saturated heterocycles. The maximum Gasteiger partial charge on any atom is 0.283 e. The van der Waals surface area contributed by atoms with Crippen LogP contribution < -0.4 is 4.74 Å². The van der Waals surface area contributed by atoms with Crippen molar-refractivity contribution >= 4 is 17.2 Å². The molecule has 1 aliphatic heterocycles. The lowest BCUT2D eigenvalue weighted by molar-refractivity contribution is 0.0353. The molecule has 1 fully saturated rings. The average molecular weight is 407 g/mol. The van der Waals surface area contributed by atoms with E-state index in [1.54, 1.807) is 0 Å². The van der Waals surface area contributed by atoms with Crippen LogP contribution in [0.3, 0.4) is 0 Å². The predicted octanol–water partition coefficient (Wildman–Crippen LogP) is 5.58. The van der Waals surface area contributed by atoms with Crippen molar-refractivity contribution in [3.63, 3.8) is 0 Å². The van der Waals surface area contributed by atoms with Crippen molar-refractivity contribution in [3.05, 3.63) is 70.5 Å². The van der Waals surface area contributed by atoms with E-state index in [1.807, 2.05) is 40.6 Å². The van der Waals surface area contributed by atoms with E-state index in [4.69, 9.17) is 4.74 Å². The van der Waals surface area contributed by atoms with Gasteiger partial charge in [0.2, 0.25) is 0 Å². The lowest BCUT2D eigenvalue weighted by Gasteiger charge is -2.38. The SMILES string of the molecule is Cc1ccc(-c2csc(C(=O)N3CCCCC3C(C)Oc3ccccc3)n2)cc1. The Morgan fingerprint density at radius 1 is 1.14 bits per heavy atom. The number of para-hydroxylation sites is 1. The maximum absolute atomic E-state index is 13.3. The van der Waals surface area contributed by atoms with Crippen LogP contribution in [0.25, 0.3) is 11.3 Å². The monoisotopic (exact) mass is 406 g/mol. The van der Waals surface area contributed by atoms with Crippen LogP contribution in [0.5, 0.6) is 5.75 Å². The number of carbonyl (C=O) groups is 1. The van der Waals surface area contributed by atoms with Crippen LogP contribution in [-0.2, 0) is 0 Å². The molecular weight excluding hydrogens is 380 g/mol. The zero-order chi connectivity index (χ0) is 20.2. The first-order valence-electron chi connectivity index (χ1n) is 10.2. The van der Waals surface area contributed by atoms with Crippen LogP contribution in [0.2, 0.25) is 0 Å². The number of carbonyl (C=O) groups excluding carboxylic acids is 1. The quantitative estimate of drug-likeness (QED) is 0.555. The summed E-state index contributed by atoms with van der Waals surface area (Å²) in [6.07, 6.45) is 3.02. The molecule has 1 aromatic heterocycles. The summed E-state index contributed by atoms with van der Waals surface area (Å²) in [5.74, 6) is 0.857. The van der Waals surface area contributed by atoms with Crippen LogP contribution in [0, 0.1) is 6.92 Å². The van der Waals surface area contributed by atoms with Gasteiger partial charge in [0.1, 0.15) is 11.9 Å². The van der Waals surface area contributed by atoms with Crippen molar-refractivity contribution < 1.29 is 9.53 Å². The first-order chi connectivity index (χ1) is 14.1. The van der Waals surface area contributed by atoms with E-state index >= 15 is 0 Å². The molecule has 0 saturated carbocycles. The van der Waals surface area contributed by atoms with Gasteiger partial charge in [0, 0.05) is 17.5 Å². The summed E-state index contributed by atoms with van der Waals surface area (Å²) in [6.45, 7) is 4.88. The third kappa shape index (κ3) is 4.51. The second-order valence-electron chi connectivity index (χ2n) is 7.60. The third-order valence-electron chi connectivity index (χ3n) is 5.45. The highest BCUT2D eigenvalue weighted by atomic mass is 32.1. The molecule has 4 nitrogen and oxygen atoms in total. The van der Waals surface area contributed by atoms with Gasteiger partial charge in [-0.3, -0.25) is 4.79 Å². The minimum Gasteiger partial charge on any atom is -0.489 e. The number of rotatable bonds is 5. The van der Waals surface area contributed by atoms with Crippen LogP contribution >= 0.6 is 11.3 Å². The number of aryl methyl sites for hydroxylation is 1. The van der Waals surface area contributed by atoms with Crippen LogP contribution in [0.1, 0.15) is 41.6 Å². The van der Waals surface area contributed by atoms with E-state index in [1.165, 1.54) is 16.9 Å². The number of benzene rings is 2. The first kappa shape index (κ1) is 19.6. The minimum atomic E-state index is -0.0711. The molecule has 150 valence electrons. The third-order valence-corrected chi connectivity index (χ3v) is 6.28. The molecule has 2 unspecified atom stereocenters. The molecule has 0 spiro atoms. The lowest BCUT2D eigenvalue weighted by atomic mass is 9.98. The van der Waals surface area contributed by atoms with Gasteiger partial charge in [-0.25, -0.2) is 4.98 Å². The van der Waals surface area contributed by atoms with E-state index in [0.717, 1.165) is 42.8 Å². The maximum atomic E-state index is 13.3. The largest absolute Gasteiger partial charge is 0.489 e. The molecule has 1 aliphatic rings. The van der Waals surface area contributed by atoms with Gasteiger partial charge in [0.05, 0.1) is 11.7 Å². The summed E-state index contributed by atoms with van der Waals surface area (Å²) in [4.78, 5) is 19.9. The number of likely N-dealkylation sites (tertiary alicyclic amines) is 1. The average Bonchev–Trinajstić information content (AvgIpc) is 3.25.